The van der Waals surface area contributed by atoms with Gasteiger partial charge in [0.15, 0.2) is 22.7 Å². The predicted octanol–water partition coefficient (Wildman–Crippen LogP) is 4.89. The summed E-state index contributed by atoms with van der Waals surface area (Å²) in [5.74, 6) is -1.45. The van der Waals surface area contributed by atoms with Crippen LogP contribution in [-0.4, -0.2) is 10.9 Å². The van der Waals surface area contributed by atoms with E-state index < -0.39 is 17.6 Å². The van der Waals surface area contributed by atoms with Crippen LogP contribution < -0.4 is 10.1 Å². The predicted molar refractivity (Wildman–Crippen MR) is 92.3 cm³/mol. The van der Waals surface area contributed by atoms with Crippen LogP contribution in [0.4, 0.5) is 17.6 Å². The number of fused-ring (bicyclic) bond motifs is 1. The van der Waals surface area contributed by atoms with E-state index in [9.17, 15) is 22.4 Å². The monoisotopic (exact) mass is 394 g/mol. The van der Waals surface area contributed by atoms with Gasteiger partial charge < -0.3 is 14.5 Å². The van der Waals surface area contributed by atoms with E-state index >= 15 is 0 Å². The Morgan fingerprint density at radius 1 is 1.32 bits per heavy atom. The van der Waals surface area contributed by atoms with Gasteiger partial charge in [-0.05, 0) is 30.3 Å². The van der Waals surface area contributed by atoms with Crippen LogP contribution in [0.25, 0.3) is 11.1 Å². The number of amides is 1. The summed E-state index contributed by atoms with van der Waals surface area (Å²) in [6.07, 6.45) is -3.67. The third-order valence-electron chi connectivity index (χ3n) is 3.81. The molecule has 1 aromatic heterocycles. The average molecular weight is 394 g/mol. The highest BCUT2D eigenvalue weighted by molar-refractivity contribution is 5.88. The fourth-order valence-corrected chi connectivity index (χ4v) is 2.53. The van der Waals surface area contributed by atoms with Gasteiger partial charge in [-0.15, -0.1) is 0 Å². The highest BCUT2D eigenvalue weighted by atomic mass is 19.4. The first-order valence-corrected chi connectivity index (χ1v) is 8.03. The first kappa shape index (κ1) is 19.4. The number of nitrogens with zero attached hydrogens (tertiary/aromatic N) is 1. The summed E-state index contributed by atoms with van der Waals surface area (Å²) in [4.78, 5) is 15.5. The first-order chi connectivity index (χ1) is 13.2. The molecule has 0 saturated heterocycles. The van der Waals surface area contributed by atoms with E-state index in [0.717, 1.165) is 12.1 Å². The summed E-state index contributed by atoms with van der Waals surface area (Å²) in [7, 11) is 0. The molecule has 2 aromatic carbocycles. The number of aryl methyl sites for hydroxylation is 1. The number of halogens is 4. The molecule has 0 atom stereocenters. The number of nitrogens with one attached hydrogen (secondary N) is 1. The van der Waals surface area contributed by atoms with Crippen molar-refractivity contribution in [2.45, 2.75) is 19.6 Å². The van der Waals surface area contributed by atoms with Gasteiger partial charge in [0.25, 0.3) is 0 Å². The Morgan fingerprint density at radius 2 is 2.07 bits per heavy atom. The minimum absolute atomic E-state index is 0.125. The van der Waals surface area contributed by atoms with Gasteiger partial charge in [0, 0.05) is 25.1 Å². The van der Waals surface area contributed by atoms with Gasteiger partial charge in [0.1, 0.15) is 11.6 Å². The molecule has 146 valence electrons. The number of oxazole rings is 1. The maximum Gasteiger partial charge on any atom is 0.419 e. The summed E-state index contributed by atoms with van der Waals surface area (Å²) in [5.41, 5.74) is -0.137. The quantitative estimate of drug-likeness (QED) is 0.494. The van der Waals surface area contributed by atoms with E-state index in [1.54, 1.807) is 13.0 Å². The van der Waals surface area contributed by atoms with Crippen molar-refractivity contribution < 1.29 is 31.5 Å². The fourth-order valence-electron chi connectivity index (χ4n) is 2.53. The molecule has 1 amide bonds. The van der Waals surface area contributed by atoms with Crippen LogP contribution >= 0.6 is 0 Å². The van der Waals surface area contributed by atoms with Crippen molar-refractivity contribution in [2.75, 3.05) is 0 Å². The second kappa shape index (κ2) is 7.34. The average Bonchev–Trinajstić information content (AvgIpc) is 3.01. The molecule has 5 nitrogen and oxygen atoms in total. The number of carbonyl (C=O) groups excluding carboxylic acids is 1. The molecule has 0 aliphatic heterocycles. The second-order valence-electron chi connectivity index (χ2n) is 5.80. The zero-order valence-electron chi connectivity index (χ0n) is 14.6. The third kappa shape index (κ3) is 3.98. The van der Waals surface area contributed by atoms with E-state index in [1.165, 1.54) is 6.07 Å². The van der Waals surface area contributed by atoms with Gasteiger partial charge in [0.05, 0.1) is 5.56 Å². The number of carbonyl (C=O) groups is 1. The Balaban J connectivity index is 1.93. The Bertz CT molecular complexity index is 1060. The van der Waals surface area contributed by atoms with Gasteiger partial charge in [-0.3, -0.25) is 4.79 Å². The van der Waals surface area contributed by atoms with Crippen LogP contribution in [0.15, 0.2) is 47.4 Å². The number of ether oxygens (including phenoxy) is 1. The summed E-state index contributed by atoms with van der Waals surface area (Å²) >= 11 is 0. The Labute approximate surface area is 156 Å². The summed E-state index contributed by atoms with van der Waals surface area (Å²) in [6, 6.07) is 5.39. The Kier molecular flexibility index (Phi) is 5.08. The molecule has 0 saturated carbocycles. The number of benzene rings is 2. The van der Waals surface area contributed by atoms with Gasteiger partial charge in [-0.2, -0.15) is 13.2 Å². The molecule has 3 rings (SSSR count). The topological polar surface area (TPSA) is 64.4 Å². The molecule has 0 spiro atoms. The van der Waals surface area contributed by atoms with E-state index in [4.69, 9.17) is 9.15 Å². The minimum atomic E-state index is -4.80. The van der Waals surface area contributed by atoms with Crippen molar-refractivity contribution in [3.63, 3.8) is 0 Å². The van der Waals surface area contributed by atoms with Gasteiger partial charge in [0.2, 0.25) is 5.91 Å². The number of alkyl halides is 3. The van der Waals surface area contributed by atoms with Gasteiger partial charge in [-0.1, -0.05) is 6.58 Å². The van der Waals surface area contributed by atoms with Crippen molar-refractivity contribution in [1.29, 1.82) is 0 Å². The molecule has 0 fully saturated rings. The van der Waals surface area contributed by atoms with Crippen LogP contribution in [0.2, 0.25) is 0 Å². The molecular weight excluding hydrogens is 380 g/mol. The normalized spacial score (nSPS) is 11.5. The lowest BCUT2D eigenvalue weighted by Gasteiger charge is -2.11. The van der Waals surface area contributed by atoms with Crippen molar-refractivity contribution >= 4 is 17.0 Å². The molecule has 1 heterocycles. The number of rotatable bonds is 5. The molecule has 0 aliphatic carbocycles. The molecular formula is C19H14F4N2O3. The largest absolute Gasteiger partial charge is 0.455 e. The molecule has 0 unspecified atom stereocenters. The molecule has 0 aliphatic rings. The first-order valence-electron chi connectivity index (χ1n) is 8.03. The molecule has 1 N–H and O–H groups in total. The lowest BCUT2D eigenvalue weighted by molar-refractivity contribution is -0.140. The van der Waals surface area contributed by atoms with E-state index in [2.05, 4.69) is 16.9 Å². The third-order valence-corrected chi connectivity index (χ3v) is 3.81. The lowest BCUT2D eigenvalue weighted by atomic mass is 10.1. The van der Waals surface area contributed by atoms with E-state index in [1.807, 2.05) is 0 Å². The van der Waals surface area contributed by atoms with Crippen LogP contribution in [0.1, 0.15) is 17.0 Å². The van der Waals surface area contributed by atoms with Crippen molar-refractivity contribution in [2.24, 2.45) is 0 Å². The molecule has 0 radical (unpaired) electrons. The summed E-state index contributed by atoms with van der Waals surface area (Å²) in [6.45, 7) is 5.11. The minimum Gasteiger partial charge on any atom is -0.455 e. The van der Waals surface area contributed by atoms with Crippen LogP contribution in [0.5, 0.6) is 11.5 Å². The number of aromatic nitrogens is 1. The molecule has 9 heteroatoms. The highest BCUT2D eigenvalue weighted by Gasteiger charge is 2.34. The number of hydrogen-bond acceptors (Lipinski definition) is 4. The standard InChI is InChI=1S/C19H14F4N2O3/c1-3-16(26)24-9-11-4-7-15(17-18(11)27-10(2)25-17)28-12-5-6-13(14(20)8-12)19(21,22)23/h3-8H,1,9H2,2H3,(H,24,26). The van der Waals surface area contributed by atoms with Crippen molar-refractivity contribution in [3.05, 3.63) is 65.8 Å². The SMILES string of the molecule is C=CC(=O)NCc1ccc(Oc2ccc(C(F)(F)F)c(F)c2)c2nc(C)oc12. The molecule has 0 bridgehead atoms. The highest BCUT2D eigenvalue weighted by Crippen LogP contribution is 2.36. The van der Waals surface area contributed by atoms with Gasteiger partial charge in [-0.25, -0.2) is 9.37 Å². The molecule has 28 heavy (non-hydrogen) atoms. The lowest BCUT2D eigenvalue weighted by Crippen LogP contribution is -2.19. The van der Waals surface area contributed by atoms with Crippen LogP contribution in [0, 0.1) is 12.7 Å². The van der Waals surface area contributed by atoms with E-state index in [0.29, 0.717) is 34.7 Å². The summed E-state index contributed by atoms with van der Waals surface area (Å²) in [5, 5.41) is 2.61. The zero-order valence-corrected chi connectivity index (χ0v) is 14.6. The maximum atomic E-state index is 13.8. The van der Waals surface area contributed by atoms with E-state index in [-0.39, 0.29) is 24.0 Å². The summed E-state index contributed by atoms with van der Waals surface area (Å²) < 4.78 is 62.9. The van der Waals surface area contributed by atoms with Crippen molar-refractivity contribution in [3.8, 4) is 11.5 Å². The Morgan fingerprint density at radius 3 is 2.71 bits per heavy atom. The van der Waals surface area contributed by atoms with Crippen molar-refractivity contribution in [1.82, 2.24) is 10.3 Å². The number of hydrogen-bond donors (Lipinski definition) is 1. The van der Waals surface area contributed by atoms with Crippen LogP contribution in [0.3, 0.4) is 0 Å². The maximum absolute atomic E-state index is 13.8. The molecule has 3 aromatic rings. The zero-order chi connectivity index (χ0) is 20.5. The van der Waals surface area contributed by atoms with Crippen LogP contribution in [-0.2, 0) is 17.5 Å². The van der Waals surface area contributed by atoms with Gasteiger partial charge >= 0.3 is 6.18 Å². The Hall–Kier alpha value is -3.36. The second-order valence-corrected chi connectivity index (χ2v) is 5.80. The smallest absolute Gasteiger partial charge is 0.419 e. The fraction of sp³-hybridized carbons (Fsp3) is 0.158.